The van der Waals surface area contributed by atoms with Gasteiger partial charge in [0.15, 0.2) is 0 Å². The Morgan fingerprint density at radius 1 is 0.593 bits per heavy atom. The lowest BCUT2D eigenvalue weighted by molar-refractivity contribution is 0.408. The number of rotatable bonds is 7. The van der Waals surface area contributed by atoms with E-state index >= 15 is 0 Å². The second-order valence-corrected chi connectivity index (χ2v) is 8.08. The minimum Gasteiger partial charge on any atom is -0.311 e. The van der Waals surface area contributed by atoms with Crippen molar-refractivity contribution >= 4 is 17.1 Å². The molecule has 0 amide bonds. The van der Waals surface area contributed by atoms with Crippen LogP contribution in [0.4, 0.5) is 17.1 Å². The van der Waals surface area contributed by atoms with Crippen molar-refractivity contribution < 1.29 is 0 Å². The minimum absolute atomic E-state index is 0.612. The smallest absolute Gasteiger partial charge is 0.0461 e. The van der Waals surface area contributed by atoms with Gasteiger partial charge in [-0.25, -0.2) is 0 Å². The SMILES string of the molecule is CC(C)CC(c1ccc(N(c2ccccc2)c2ccccc2)cc1)C(C)C. The molecule has 0 aliphatic heterocycles. The molecule has 0 heterocycles. The monoisotopic (exact) mass is 357 g/mol. The first-order chi connectivity index (χ1) is 13.1. The summed E-state index contributed by atoms with van der Waals surface area (Å²) in [4.78, 5) is 2.32. The van der Waals surface area contributed by atoms with Crippen LogP contribution in [0.25, 0.3) is 0 Å². The average Bonchev–Trinajstić information content (AvgIpc) is 2.68. The summed E-state index contributed by atoms with van der Waals surface area (Å²) in [5, 5.41) is 0. The van der Waals surface area contributed by atoms with E-state index in [4.69, 9.17) is 0 Å². The van der Waals surface area contributed by atoms with E-state index < -0.39 is 0 Å². The lowest BCUT2D eigenvalue weighted by Gasteiger charge is -2.27. The third-order valence-electron chi connectivity index (χ3n) is 5.14. The molecule has 0 fully saturated rings. The van der Waals surface area contributed by atoms with Gasteiger partial charge in [-0.15, -0.1) is 0 Å². The molecule has 140 valence electrons. The topological polar surface area (TPSA) is 3.24 Å². The highest BCUT2D eigenvalue weighted by Gasteiger charge is 2.18. The number of hydrogen-bond donors (Lipinski definition) is 0. The predicted octanol–water partition coefficient (Wildman–Crippen LogP) is 7.94. The Hall–Kier alpha value is -2.54. The molecule has 0 saturated heterocycles. The Balaban J connectivity index is 1.97. The molecular formula is C26H31N. The molecule has 1 atom stereocenters. The van der Waals surface area contributed by atoms with Gasteiger partial charge in [0.2, 0.25) is 0 Å². The predicted molar refractivity (Wildman–Crippen MR) is 118 cm³/mol. The molecule has 27 heavy (non-hydrogen) atoms. The van der Waals surface area contributed by atoms with Crippen LogP contribution in [-0.4, -0.2) is 0 Å². The van der Waals surface area contributed by atoms with Gasteiger partial charge >= 0.3 is 0 Å². The molecule has 0 spiro atoms. The Morgan fingerprint density at radius 3 is 1.44 bits per heavy atom. The lowest BCUT2D eigenvalue weighted by atomic mass is 9.82. The second kappa shape index (κ2) is 8.90. The van der Waals surface area contributed by atoms with Crippen LogP contribution < -0.4 is 4.90 Å². The fourth-order valence-corrected chi connectivity index (χ4v) is 3.77. The van der Waals surface area contributed by atoms with Gasteiger partial charge < -0.3 is 4.90 Å². The van der Waals surface area contributed by atoms with Crippen LogP contribution in [0.1, 0.15) is 45.6 Å². The highest BCUT2D eigenvalue weighted by atomic mass is 15.1. The van der Waals surface area contributed by atoms with Gasteiger partial charge in [0.25, 0.3) is 0 Å². The van der Waals surface area contributed by atoms with E-state index in [1.165, 1.54) is 29.0 Å². The minimum atomic E-state index is 0.612. The molecule has 1 unspecified atom stereocenters. The van der Waals surface area contributed by atoms with Crippen LogP contribution in [0, 0.1) is 11.8 Å². The van der Waals surface area contributed by atoms with Crippen LogP contribution in [0.15, 0.2) is 84.9 Å². The van der Waals surface area contributed by atoms with E-state index in [0.29, 0.717) is 17.8 Å². The molecule has 0 aliphatic carbocycles. The van der Waals surface area contributed by atoms with Gasteiger partial charge in [0.1, 0.15) is 0 Å². The van der Waals surface area contributed by atoms with Gasteiger partial charge in [-0.3, -0.25) is 0 Å². The van der Waals surface area contributed by atoms with Crippen molar-refractivity contribution in [2.75, 3.05) is 4.90 Å². The normalized spacial score (nSPS) is 12.4. The Morgan fingerprint density at radius 2 is 1.04 bits per heavy atom. The maximum atomic E-state index is 2.33. The largest absolute Gasteiger partial charge is 0.311 e. The zero-order valence-corrected chi connectivity index (χ0v) is 17.0. The van der Waals surface area contributed by atoms with E-state index in [9.17, 15) is 0 Å². The molecule has 0 aliphatic rings. The summed E-state index contributed by atoms with van der Waals surface area (Å²) in [7, 11) is 0. The number of benzene rings is 3. The Labute approximate surface area is 164 Å². The molecular weight excluding hydrogens is 326 g/mol. The molecule has 0 bridgehead atoms. The first-order valence-corrected chi connectivity index (χ1v) is 10.1. The van der Waals surface area contributed by atoms with Crippen LogP contribution in [0.2, 0.25) is 0 Å². The van der Waals surface area contributed by atoms with Gasteiger partial charge in [0.05, 0.1) is 0 Å². The van der Waals surface area contributed by atoms with Crippen molar-refractivity contribution in [3.05, 3.63) is 90.5 Å². The van der Waals surface area contributed by atoms with E-state index in [1.807, 2.05) is 0 Å². The molecule has 3 aromatic rings. The van der Waals surface area contributed by atoms with E-state index in [1.54, 1.807) is 0 Å². The molecule has 0 N–H and O–H groups in total. The number of anilines is 3. The quantitative estimate of drug-likeness (QED) is 0.415. The summed E-state index contributed by atoms with van der Waals surface area (Å²) < 4.78 is 0. The van der Waals surface area contributed by atoms with Crippen LogP contribution in [0.3, 0.4) is 0 Å². The maximum absolute atomic E-state index is 2.33. The standard InChI is InChI=1S/C26H31N/c1-20(2)19-26(21(3)4)22-15-17-25(18-16-22)27(23-11-7-5-8-12-23)24-13-9-6-10-14-24/h5-18,20-21,26H,19H2,1-4H3. The third-order valence-corrected chi connectivity index (χ3v) is 5.14. The van der Waals surface area contributed by atoms with Crippen molar-refractivity contribution in [1.82, 2.24) is 0 Å². The lowest BCUT2D eigenvalue weighted by Crippen LogP contribution is -2.12. The van der Waals surface area contributed by atoms with Crippen molar-refractivity contribution in [3.63, 3.8) is 0 Å². The summed E-state index contributed by atoms with van der Waals surface area (Å²) in [6, 6.07) is 30.3. The fraction of sp³-hybridized carbons (Fsp3) is 0.308. The van der Waals surface area contributed by atoms with Gasteiger partial charge in [0, 0.05) is 17.1 Å². The van der Waals surface area contributed by atoms with Crippen LogP contribution >= 0.6 is 0 Å². The summed E-state index contributed by atoms with van der Waals surface area (Å²) >= 11 is 0. The van der Waals surface area contributed by atoms with Crippen LogP contribution in [0.5, 0.6) is 0 Å². The summed E-state index contributed by atoms with van der Waals surface area (Å²) in [5.74, 6) is 1.97. The Bertz CT molecular complexity index is 764. The molecule has 1 nitrogen and oxygen atoms in total. The fourth-order valence-electron chi connectivity index (χ4n) is 3.77. The van der Waals surface area contributed by atoms with Crippen molar-refractivity contribution in [2.24, 2.45) is 11.8 Å². The average molecular weight is 358 g/mol. The van der Waals surface area contributed by atoms with Gasteiger partial charge in [-0.2, -0.15) is 0 Å². The summed E-state index contributed by atoms with van der Waals surface area (Å²) in [6.07, 6.45) is 1.23. The summed E-state index contributed by atoms with van der Waals surface area (Å²) in [6.45, 7) is 9.30. The highest BCUT2D eigenvalue weighted by Crippen LogP contribution is 2.36. The third kappa shape index (κ3) is 4.80. The molecule has 0 saturated carbocycles. The first-order valence-electron chi connectivity index (χ1n) is 10.1. The number of hydrogen-bond acceptors (Lipinski definition) is 1. The van der Waals surface area contributed by atoms with Crippen LogP contribution in [-0.2, 0) is 0 Å². The maximum Gasteiger partial charge on any atom is 0.0461 e. The zero-order valence-electron chi connectivity index (χ0n) is 17.0. The van der Waals surface area contributed by atoms with E-state index in [0.717, 1.165) is 0 Å². The molecule has 0 radical (unpaired) electrons. The summed E-state index contributed by atoms with van der Waals surface area (Å²) in [5.41, 5.74) is 5.00. The van der Waals surface area contributed by atoms with Crippen molar-refractivity contribution in [1.29, 1.82) is 0 Å². The van der Waals surface area contributed by atoms with Crippen molar-refractivity contribution in [2.45, 2.75) is 40.0 Å². The van der Waals surface area contributed by atoms with Crippen molar-refractivity contribution in [3.8, 4) is 0 Å². The first kappa shape index (κ1) is 19.2. The number of nitrogens with zero attached hydrogens (tertiary/aromatic N) is 1. The Kier molecular flexibility index (Phi) is 6.34. The molecule has 3 aromatic carbocycles. The second-order valence-electron chi connectivity index (χ2n) is 8.08. The molecule has 3 rings (SSSR count). The number of para-hydroxylation sites is 2. The van der Waals surface area contributed by atoms with E-state index in [-0.39, 0.29) is 0 Å². The zero-order chi connectivity index (χ0) is 19.2. The van der Waals surface area contributed by atoms with Gasteiger partial charge in [-0.05, 0) is 66.1 Å². The molecule has 0 aromatic heterocycles. The van der Waals surface area contributed by atoms with Gasteiger partial charge in [-0.1, -0.05) is 76.2 Å². The molecule has 1 heteroatoms. The highest BCUT2D eigenvalue weighted by molar-refractivity contribution is 5.76. The van der Waals surface area contributed by atoms with E-state index in [2.05, 4.69) is 118 Å².